The maximum absolute atomic E-state index is 12.3. The van der Waals surface area contributed by atoms with Crippen molar-refractivity contribution < 1.29 is 23.5 Å². The number of carbonyl (C=O) groups excluding carboxylic acids is 1. The van der Waals surface area contributed by atoms with E-state index in [9.17, 15) is 4.79 Å². The van der Waals surface area contributed by atoms with Crippen LogP contribution in [0.4, 0.5) is 11.4 Å². The summed E-state index contributed by atoms with van der Waals surface area (Å²) in [7, 11) is 0. The lowest BCUT2D eigenvalue weighted by atomic mass is 10.2. The highest BCUT2D eigenvalue weighted by Crippen LogP contribution is 2.38. The zero-order valence-electron chi connectivity index (χ0n) is 16.2. The molecular weight excluding hydrogens is 412 g/mol. The van der Waals surface area contributed by atoms with E-state index in [1.807, 2.05) is 31.2 Å². The molecule has 10 heteroatoms. The normalized spacial score (nSPS) is 11.6. The first-order valence-corrected chi connectivity index (χ1v) is 9.17. The third-order valence-electron chi connectivity index (χ3n) is 4.28. The predicted octanol–water partition coefficient (Wildman–Crippen LogP) is 3.44. The van der Waals surface area contributed by atoms with E-state index >= 15 is 0 Å². The fraction of sp³-hybridized carbons (Fsp3) is 0.250. The number of aromatic nitrogens is 2. The van der Waals surface area contributed by atoms with Gasteiger partial charge in [-0.15, -0.1) is 12.4 Å². The number of anilines is 2. The summed E-state index contributed by atoms with van der Waals surface area (Å²) in [6.07, 6.45) is 0.471. The average molecular weight is 433 g/mol. The van der Waals surface area contributed by atoms with Gasteiger partial charge in [-0.1, -0.05) is 5.16 Å². The molecule has 1 aromatic heterocycles. The van der Waals surface area contributed by atoms with Crippen LogP contribution < -0.4 is 25.3 Å². The van der Waals surface area contributed by atoms with Crippen LogP contribution in [0.15, 0.2) is 40.9 Å². The van der Waals surface area contributed by atoms with Crippen molar-refractivity contribution in [2.75, 3.05) is 24.5 Å². The first-order valence-electron chi connectivity index (χ1n) is 9.17. The SMILES string of the molecule is CCOc1ccc(-c2noc(CCC(=O)Nc3cc4c(cc3N)OCO4)n2)cc1.Cl. The third-order valence-corrected chi connectivity index (χ3v) is 4.28. The molecule has 9 nitrogen and oxygen atoms in total. The van der Waals surface area contributed by atoms with Crippen molar-refractivity contribution in [2.24, 2.45) is 0 Å². The van der Waals surface area contributed by atoms with Gasteiger partial charge in [-0.3, -0.25) is 4.79 Å². The van der Waals surface area contributed by atoms with Crippen molar-refractivity contribution in [3.8, 4) is 28.6 Å². The Bertz CT molecular complexity index is 1020. The van der Waals surface area contributed by atoms with Gasteiger partial charge >= 0.3 is 0 Å². The first kappa shape index (κ1) is 21.3. The largest absolute Gasteiger partial charge is 0.494 e. The van der Waals surface area contributed by atoms with Gasteiger partial charge in [0.15, 0.2) is 11.5 Å². The zero-order valence-corrected chi connectivity index (χ0v) is 17.0. The molecule has 0 radical (unpaired) electrons. The van der Waals surface area contributed by atoms with E-state index < -0.39 is 0 Å². The van der Waals surface area contributed by atoms with Crippen LogP contribution in [-0.4, -0.2) is 29.4 Å². The Balaban J connectivity index is 0.00000256. The van der Waals surface area contributed by atoms with E-state index in [0.29, 0.717) is 47.6 Å². The van der Waals surface area contributed by atoms with Gasteiger partial charge in [-0.05, 0) is 31.2 Å². The molecule has 0 spiro atoms. The lowest BCUT2D eigenvalue weighted by molar-refractivity contribution is -0.116. The fourth-order valence-electron chi connectivity index (χ4n) is 2.84. The van der Waals surface area contributed by atoms with Crippen LogP contribution in [0.1, 0.15) is 19.2 Å². The number of aryl methyl sites for hydroxylation is 1. The van der Waals surface area contributed by atoms with Crippen LogP contribution in [0.3, 0.4) is 0 Å². The minimum Gasteiger partial charge on any atom is -0.494 e. The van der Waals surface area contributed by atoms with Crippen LogP contribution in [0, 0.1) is 0 Å². The van der Waals surface area contributed by atoms with E-state index in [1.165, 1.54) is 0 Å². The number of fused-ring (bicyclic) bond motifs is 1. The first-order chi connectivity index (χ1) is 14.1. The summed E-state index contributed by atoms with van der Waals surface area (Å²) in [6.45, 7) is 2.67. The Morgan fingerprint density at radius 2 is 1.93 bits per heavy atom. The van der Waals surface area contributed by atoms with E-state index in [4.69, 9.17) is 24.5 Å². The Morgan fingerprint density at radius 3 is 2.67 bits per heavy atom. The summed E-state index contributed by atoms with van der Waals surface area (Å²) >= 11 is 0. The highest BCUT2D eigenvalue weighted by molar-refractivity contribution is 5.94. The van der Waals surface area contributed by atoms with Crippen molar-refractivity contribution in [3.05, 3.63) is 42.3 Å². The molecule has 158 valence electrons. The van der Waals surface area contributed by atoms with E-state index in [2.05, 4.69) is 15.5 Å². The Kier molecular flexibility index (Phi) is 6.63. The summed E-state index contributed by atoms with van der Waals surface area (Å²) in [5.41, 5.74) is 7.63. The number of carbonyl (C=O) groups is 1. The average Bonchev–Trinajstić information content (AvgIpc) is 3.37. The number of nitrogens with zero attached hydrogens (tertiary/aromatic N) is 2. The van der Waals surface area contributed by atoms with Gasteiger partial charge in [0.1, 0.15) is 5.75 Å². The summed E-state index contributed by atoms with van der Waals surface area (Å²) in [4.78, 5) is 16.6. The van der Waals surface area contributed by atoms with E-state index in [1.54, 1.807) is 12.1 Å². The number of amides is 1. The van der Waals surface area contributed by atoms with Crippen molar-refractivity contribution in [3.63, 3.8) is 0 Å². The molecule has 1 aliphatic rings. The number of hydrogen-bond acceptors (Lipinski definition) is 8. The van der Waals surface area contributed by atoms with Crippen molar-refractivity contribution in [1.29, 1.82) is 0 Å². The number of nitrogen functional groups attached to an aromatic ring is 1. The monoisotopic (exact) mass is 432 g/mol. The van der Waals surface area contributed by atoms with Gasteiger partial charge in [0, 0.05) is 30.5 Å². The standard InChI is InChI=1S/C20H20N4O5.ClH/c1-2-26-13-5-3-12(4-6-13)20-23-19(29-24-20)8-7-18(25)22-15-10-17-16(9-14(15)21)27-11-28-17;/h3-6,9-10H,2,7-8,11,21H2,1H3,(H,22,25);1H. The molecule has 2 aromatic carbocycles. The Hall–Kier alpha value is -3.46. The van der Waals surface area contributed by atoms with E-state index in [0.717, 1.165) is 11.3 Å². The Labute approximate surface area is 178 Å². The molecule has 0 fully saturated rings. The topological polar surface area (TPSA) is 122 Å². The highest BCUT2D eigenvalue weighted by Gasteiger charge is 2.18. The van der Waals surface area contributed by atoms with Crippen LogP contribution in [0.2, 0.25) is 0 Å². The minimum absolute atomic E-state index is 0. The lowest BCUT2D eigenvalue weighted by Gasteiger charge is -2.08. The minimum atomic E-state index is -0.226. The number of benzene rings is 2. The highest BCUT2D eigenvalue weighted by atomic mass is 35.5. The molecule has 3 N–H and O–H groups in total. The van der Waals surface area contributed by atoms with Crippen molar-refractivity contribution in [1.82, 2.24) is 10.1 Å². The molecule has 0 aliphatic carbocycles. The maximum Gasteiger partial charge on any atom is 0.231 e. The molecule has 0 saturated heterocycles. The Morgan fingerprint density at radius 1 is 1.20 bits per heavy atom. The number of hydrogen-bond donors (Lipinski definition) is 2. The molecule has 3 aromatic rings. The molecule has 0 bridgehead atoms. The zero-order chi connectivity index (χ0) is 20.2. The number of halogens is 1. The number of rotatable bonds is 7. The van der Waals surface area contributed by atoms with Gasteiger partial charge in [0.25, 0.3) is 0 Å². The summed E-state index contributed by atoms with van der Waals surface area (Å²) < 4.78 is 21.2. The smallest absolute Gasteiger partial charge is 0.231 e. The predicted molar refractivity (Wildman–Crippen MR) is 112 cm³/mol. The van der Waals surface area contributed by atoms with Gasteiger partial charge < -0.3 is 29.8 Å². The number of nitrogens with one attached hydrogen (secondary N) is 1. The third kappa shape index (κ3) is 4.74. The summed E-state index contributed by atoms with van der Waals surface area (Å²) in [5.74, 6) is 2.50. The molecule has 2 heterocycles. The lowest BCUT2D eigenvalue weighted by Crippen LogP contribution is -2.13. The van der Waals surface area contributed by atoms with Crippen LogP contribution in [-0.2, 0) is 11.2 Å². The van der Waals surface area contributed by atoms with Crippen LogP contribution >= 0.6 is 12.4 Å². The van der Waals surface area contributed by atoms with Crippen LogP contribution in [0.5, 0.6) is 17.2 Å². The number of ether oxygens (including phenoxy) is 3. The molecule has 30 heavy (non-hydrogen) atoms. The van der Waals surface area contributed by atoms with Gasteiger partial charge in [-0.2, -0.15) is 4.98 Å². The molecular formula is C20H21ClN4O5. The second kappa shape index (κ2) is 9.36. The summed E-state index contributed by atoms with van der Waals surface area (Å²) in [6, 6.07) is 10.7. The molecule has 1 aliphatic heterocycles. The fourth-order valence-corrected chi connectivity index (χ4v) is 2.84. The van der Waals surface area contributed by atoms with Gasteiger partial charge in [0.05, 0.1) is 18.0 Å². The van der Waals surface area contributed by atoms with Crippen molar-refractivity contribution in [2.45, 2.75) is 19.8 Å². The molecule has 4 rings (SSSR count). The quantitative estimate of drug-likeness (QED) is 0.544. The molecule has 1 amide bonds. The maximum atomic E-state index is 12.3. The second-order valence-electron chi connectivity index (χ2n) is 6.31. The van der Waals surface area contributed by atoms with E-state index in [-0.39, 0.29) is 31.5 Å². The second-order valence-corrected chi connectivity index (χ2v) is 6.31. The van der Waals surface area contributed by atoms with Gasteiger partial charge in [-0.25, -0.2) is 0 Å². The van der Waals surface area contributed by atoms with Crippen LogP contribution in [0.25, 0.3) is 11.4 Å². The number of nitrogens with two attached hydrogens (primary N) is 1. The molecule has 0 unspecified atom stereocenters. The molecule has 0 atom stereocenters. The summed E-state index contributed by atoms with van der Waals surface area (Å²) in [5, 5.41) is 6.73. The van der Waals surface area contributed by atoms with Crippen molar-refractivity contribution >= 4 is 29.7 Å². The van der Waals surface area contributed by atoms with Gasteiger partial charge in [0.2, 0.25) is 24.4 Å². The molecule has 0 saturated carbocycles.